The third kappa shape index (κ3) is 3.91. The Balaban J connectivity index is 1.85. The Morgan fingerprint density at radius 2 is 1.75 bits per heavy atom. The van der Waals surface area contributed by atoms with Crippen LogP contribution < -0.4 is 9.46 Å². The van der Waals surface area contributed by atoms with Crippen molar-refractivity contribution in [1.82, 2.24) is 4.72 Å². The Kier molecular flexibility index (Phi) is 6.02. The molecule has 1 heterocycles. The molecule has 6 nitrogen and oxygen atoms in total. The lowest BCUT2D eigenvalue weighted by Gasteiger charge is -2.49. The highest BCUT2D eigenvalue weighted by Gasteiger charge is 2.59. The molecule has 1 saturated carbocycles. The molecule has 0 spiro atoms. The summed E-state index contributed by atoms with van der Waals surface area (Å²) in [6, 6.07) is 7.41. The third-order valence-corrected chi connectivity index (χ3v) is 9.89. The van der Waals surface area contributed by atoms with E-state index in [-0.39, 0.29) is 48.1 Å². The van der Waals surface area contributed by atoms with Crippen molar-refractivity contribution in [2.45, 2.75) is 28.9 Å². The quantitative estimate of drug-likeness (QED) is 0.670. The van der Waals surface area contributed by atoms with Crippen molar-refractivity contribution in [2.24, 2.45) is 11.8 Å². The molecule has 11 heteroatoms. The van der Waals surface area contributed by atoms with Gasteiger partial charge in [0.1, 0.15) is 10.6 Å². The Morgan fingerprint density at radius 3 is 2.41 bits per heavy atom. The topological polar surface area (TPSA) is 89.5 Å². The fraction of sp³-hybridized carbons (Fsp3) is 0.429. The average molecular weight is 506 g/mol. The molecule has 0 aromatic heterocycles. The molecule has 3 atom stereocenters. The molecule has 0 unspecified atom stereocenters. The van der Waals surface area contributed by atoms with Gasteiger partial charge in [-0.05, 0) is 61.6 Å². The van der Waals surface area contributed by atoms with Gasteiger partial charge in [-0.1, -0.05) is 11.6 Å². The molecule has 1 fully saturated rings. The summed E-state index contributed by atoms with van der Waals surface area (Å²) in [6.07, 6.45) is 1.62. The molecule has 1 N–H and O–H groups in total. The number of nitrogens with one attached hydrogen (secondary N) is 1. The Hall–Kier alpha value is -1.75. The average Bonchev–Trinajstić information content (AvgIpc) is 2.73. The standard InChI is InChI=1S/C21H22ClF2NO5S2/c1-31(26,27)25-11-13-8-9-21(32(28,29)16-4-2-15(22)3-5-16)14(10-13)12-30-20-18(24)7-6-17(23)19(20)21/h2-7,13-14,25H,8-12H2,1H3/t13-,14-,21+/m1/s1. The van der Waals surface area contributed by atoms with Gasteiger partial charge in [-0.2, -0.15) is 0 Å². The highest BCUT2D eigenvalue weighted by Crippen LogP contribution is 2.57. The van der Waals surface area contributed by atoms with Gasteiger partial charge < -0.3 is 4.74 Å². The Bertz CT molecular complexity index is 1250. The number of benzene rings is 2. The van der Waals surface area contributed by atoms with Gasteiger partial charge in [-0.15, -0.1) is 0 Å². The maximum atomic E-state index is 15.2. The lowest BCUT2D eigenvalue weighted by atomic mass is 9.69. The molecule has 2 aromatic carbocycles. The van der Waals surface area contributed by atoms with Crippen molar-refractivity contribution in [3.63, 3.8) is 0 Å². The van der Waals surface area contributed by atoms with Crippen molar-refractivity contribution < 1.29 is 30.4 Å². The molecule has 0 saturated heterocycles. The number of fused-ring (bicyclic) bond motifs is 3. The van der Waals surface area contributed by atoms with E-state index in [1.165, 1.54) is 24.3 Å². The molecule has 0 radical (unpaired) electrons. The van der Waals surface area contributed by atoms with Gasteiger partial charge in [0.2, 0.25) is 10.0 Å². The normalized spacial score (nSPS) is 25.5. The first kappa shape index (κ1) is 23.4. The molecule has 1 aliphatic carbocycles. The zero-order valence-corrected chi connectivity index (χ0v) is 19.5. The maximum absolute atomic E-state index is 15.2. The van der Waals surface area contributed by atoms with E-state index < -0.39 is 42.2 Å². The van der Waals surface area contributed by atoms with Crippen LogP contribution in [0, 0.1) is 23.5 Å². The summed E-state index contributed by atoms with van der Waals surface area (Å²) in [5.41, 5.74) is -0.293. The minimum atomic E-state index is -4.20. The number of hydrogen-bond acceptors (Lipinski definition) is 5. The Labute approximate surface area is 190 Å². The predicted octanol–water partition coefficient (Wildman–Crippen LogP) is 3.65. The van der Waals surface area contributed by atoms with E-state index in [0.29, 0.717) is 11.4 Å². The monoisotopic (exact) mass is 505 g/mol. The van der Waals surface area contributed by atoms with Crippen LogP contribution in [0.2, 0.25) is 5.02 Å². The van der Waals surface area contributed by atoms with Crippen LogP contribution in [-0.4, -0.2) is 36.2 Å². The SMILES string of the molecule is CS(=O)(=O)NC[C@@H]1CC[C@@]2(S(=O)(=O)c3ccc(Cl)cc3)c3c(F)ccc(F)c3OC[C@H]2C1. The van der Waals surface area contributed by atoms with Gasteiger partial charge >= 0.3 is 0 Å². The molecular weight excluding hydrogens is 484 g/mol. The second kappa shape index (κ2) is 8.23. The van der Waals surface area contributed by atoms with E-state index in [0.717, 1.165) is 18.4 Å². The van der Waals surface area contributed by atoms with Crippen LogP contribution in [0.5, 0.6) is 5.75 Å². The zero-order valence-electron chi connectivity index (χ0n) is 17.1. The summed E-state index contributed by atoms with van der Waals surface area (Å²) in [7, 11) is -7.63. The largest absolute Gasteiger partial charge is 0.490 e. The van der Waals surface area contributed by atoms with Crippen LogP contribution in [0.15, 0.2) is 41.3 Å². The highest BCUT2D eigenvalue weighted by molar-refractivity contribution is 7.92. The number of halogens is 3. The summed E-state index contributed by atoms with van der Waals surface area (Å²) in [5.74, 6) is -2.94. The van der Waals surface area contributed by atoms with E-state index in [1.54, 1.807) is 0 Å². The van der Waals surface area contributed by atoms with E-state index >= 15 is 4.39 Å². The predicted molar refractivity (Wildman–Crippen MR) is 116 cm³/mol. The van der Waals surface area contributed by atoms with E-state index in [9.17, 15) is 21.2 Å². The van der Waals surface area contributed by atoms with Crippen LogP contribution in [0.3, 0.4) is 0 Å². The lowest BCUT2D eigenvalue weighted by Crippen LogP contribution is -2.53. The van der Waals surface area contributed by atoms with E-state index in [2.05, 4.69) is 4.72 Å². The van der Waals surface area contributed by atoms with Crippen LogP contribution in [0.25, 0.3) is 0 Å². The minimum absolute atomic E-state index is 0.00450. The fourth-order valence-corrected chi connectivity index (χ4v) is 7.91. The molecule has 4 rings (SSSR count). The second-order valence-corrected chi connectivity index (χ2v) is 12.8. The van der Waals surface area contributed by atoms with Gasteiger partial charge in [0.15, 0.2) is 21.4 Å². The fourth-order valence-electron chi connectivity index (χ4n) is 4.88. The summed E-state index contributed by atoms with van der Waals surface area (Å²) in [4.78, 5) is -0.0453. The van der Waals surface area contributed by atoms with Crippen molar-refractivity contribution >= 4 is 31.5 Å². The number of sulfone groups is 1. The molecule has 2 aliphatic rings. The number of hydrogen-bond donors (Lipinski definition) is 1. The van der Waals surface area contributed by atoms with Gasteiger partial charge in [-0.3, -0.25) is 0 Å². The molecular formula is C21H22ClF2NO5S2. The smallest absolute Gasteiger partial charge is 0.208 e. The lowest BCUT2D eigenvalue weighted by molar-refractivity contribution is 0.0992. The molecule has 0 amide bonds. The van der Waals surface area contributed by atoms with Gasteiger partial charge in [0.25, 0.3) is 0 Å². The molecule has 174 valence electrons. The first-order chi connectivity index (χ1) is 15.0. The van der Waals surface area contributed by atoms with Gasteiger partial charge in [-0.25, -0.2) is 30.3 Å². The maximum Gasteiger partial charge on any atom is 0.208 e. The summed E-state index contributed by atoms with van der Waals surface area (Å²) >= 11 is 5.92. The van der Waals surface area contributed by atoms with Crippen molar-refractivity contribution in [3.8, 4) is 5.75 Å². The highest BCUT2D eigenvalue weighted by atomic mass is 35.5. The second-order valence-electron chi connectivity index (χ2n) is 8.35. The summed E-state index contributed by atoms with van der Waals surface area (Å²) < 4.78 is 87.0. The minimum Gasteiger partial charge on any atom is -0.490 e. The first-order valence-corrected chi connectivity index (χ1v) is 13.8. The van der Waals surface area contributed by atoms with Crippen molar-refractivity contribution in [1.29, 1.82) is 0 Å². The molecule has 1 aliphatic heterocycles. The van der Waals surface area contributed by atoms with Crippen LogP contribution in [0.4, 0.5) is 8.78 Å². The number of ether oxygens (including phenoxy) is 1. The summed E-state index contributed by atoms with van der Waals surface area (Å²) in [5, 5.41) is 0.346. The third-order valence-electron chi connectivity index (χ3n) is 6.35. The number of sulfonamides is 1. The molecule has 32 heavy (non-hydrogen) atoms. The van der Waals surface area contributed by atoms with Crippen molar-refractivity contribution in [3.05, 3.63) is 58.6 Å². The van der Waals surface area contributed by atoms with Gasteiger partial charge in [0.05, 0.1) is 23.3 Å². The Morgan fingerprint density at radius 1 is 1.09 bits per heavy atom. The first-order valence-electron chi connectivity index (χ1n) is 10.0. The van der Waals surface area contributed by atoms with Gasteiger partial charge in [0, 0.05) is 17.5 Å². The molecule has 0 bridgehead atoms. The number of rotatable bonds is 5. The molecule has 2 aromatic rings. The summed E-state index contributed by atoms with van der Waals surface area (Å²) in [6.45, 7) is 0.000460. The van der Waals surface area contributed by atoms with E-state index in [1.807, 2.05) is 0 Å². The van der Waals surface area contributed by atoms with Crippen LogP contribution in [-0.2, 0) is 24.6 Å². The van der Waals surface area contributed by atoms with Crippen LogP contribution >= 0.6 is 11.6 Å². The van der Waals surface area contributed by atoms with E-state index in [4.69, 9.17) is 16.3 Å². The van der Waals surface area contributed by atoms with Crippen molar-refractivity contribution in [2.75, 3.05) is 19.4 Å². The zero-order chi connectivity index (χ0) is 23.3. The van der Waals surface area contributed by atoms with Crippen LogP contribution in [0.1, 0.15) is 24.8 Å².